The highest BCUT2D eigenvalue weighted by Gasteiger charge is 2.19. The highest BCUT2D eigenvalue weighted by atomic mass is 16.5. The normalized spacial score (nSPS) is 12.4. The van der Waals surface area contributed by atoms with Gasteiger partial charge < -0.3 is 19.5 Å². The molecule has 2 atom stereocenters. The maximum atomic E-state index is 12.9. The molecule has 312 valence electrons. The number of esters is 2. The summed E-state index contributed by atoms with van der Waals surface area (Å²) in [4.78, 5) is 27.3. The van der Waals surface area contributed by atoms with Gasteiger partial charge in [0.1, 0.15) is 0 Å². The number of rotatable bonds is 39. The van der Waals surface area contributed by atoms with Crippen LogP contribution in [0, 0.1) is 11.8 Å². The van der Waals surface area contributed by atoms with E-state index in [0.29, 0.717) is 19.8 Å². The number of hydrogen-bond acceptors (Lipinski definition) is 6. The molecule has 0 radical (unpaired) electrons. The van der Waals surface area contributed by atoms with Crippen LogP contribution in [0.1, 0.15) is 234 Å². The first-order valence-corrected chi connectivity index (χ1v) is 23.1. The van der Waals surface area contributed by atoms with Gasteiger partial charge in [0.15, 0.2) is 0 Å². The zero-order valence-electron chi connectivity index (χ0n) is 36.1. The van der Waals surface area contributed by atoms with E-state index in [2.05, 4.69) is 39.5 Å². The molecule has 0 aromatic heterocycles. The second-order valence-corrected chi connectivity index (χ2v) is 15.6. The van der Waals surface area contributed by atoms with Crippen LogP contribution in [-0.2, 0) is 19.1 Å². The molecule has 6 heteroatoms. The van der Waals surface area contributed by atoms with E-state index in [9.17, 15) is 14.7 Å². The monoisotopic (exact) mass is 740 g/mol. The minimum atomic E-state index is -0.0705. The minimum Gasteiger partial charge on any atom is -0.465 e. The topological polar surface area (TPSA) is 76.1 Å². The molecular formula is C46H93NO5. The molecule has 1 N–H and O–H groups in total. The average Bonchev–Trinajstić information content (AvgIpc) is 3.14. The molecule has 0 fully saturated rings. The summed E-state index contributed by atoms with van der Waals surface area (Å²) in [7, 11) is 0. The van der Waals surface area contributed by atoms with Crippen molar-refractivity contribution >= 4 is 11.9 Å². The van der Waals surface area contributed by atoms with Crippen molar-refractivity contribution in [2.45, 2.75) is 234 Å². The van der Waals surface area contributed by atoms with Crippen molar-refractivity contribution in [1.82, 2.24) is 4.90 Å². The summed E-state index contributed by atoms with van der Waals surface area (Å²) >= 11 is 0. The van der Waals surface area contributed by atoms with Gasteiger partial charge in [0.05, 0.1) is 31.7 Å². The molecule has 0 aliphatic rings. The summed E-state index contributed by atoms with van der Waals surface area (Å²) in [6.07, 6.45) is 36.3. The molecule has 0 rings (SSSR count). The Labute approximate surface area is 325 Å². The van der Waals surface area contributed by atoms with Crippen LogP contribution in [-0.4, -0.2) is 61.4 Å². The van der Waals surface area contributed by atoms with E-state index in [4.69, 9.17) is 9.47 Å². The lowest BCUT2D eigenvalue weighted by Gasteiger charge is -2.21. The first-order chi connectivity index (χ1) is 25.4. The van der Waals surface area contributed by atoms with Crippen LogP contribution in [0.3, 0.4) is 0 Å². The summed E-state index contributed by atoms with van der Waals surface area (Å²) in [6, 6.07) is 0. The molecular weight excluding hydrogens is 647 g/mol. The first-order valence-electron chi connectivity index (χ1n) is 23.1. The van der Waals surface area contributed by atoms with Crippen LogP contribution in [0.4, 0.5) is 0 Å². The third-order valence-corrected chi connectivity index (χ3v) is 10.4. The van der Waals surface area contributed by atoms with Crippen LogP contribution >= 0.6 is 0 Å². The van der Waals surface area contributed by atoms with Crippen LogP contribution in [0.2, 0.25) is 0 Å². The maximum Gasteiger partial charge on any atom is 0.308 e. The van der Waals surface area contributed by atoms with Gasteiger partial charge in [-0.3, -0.25) is 9.59 Å². The van der Waals surface area contributed by atoms with Crippen LogP contribution in [0.25, 0.3) is 0 Å². The van der Waals surface area contributed by atoms with Gasteiger partial charge in [-0.25, -0.2) is 0 Å². The Morgan fingerprint density at radius 2 is 0.788 bits per heavy atom. The molecule has 0 aromatic carbocycles. The van der Waals surface area contributed by atoms with E-state index in [1.807, 2.05) is 6.92 Å². The zero-order valence-corrected chi connectivity index (χ0v) is 36.1. The smallest absolute Gasteiger partial charge is 0.308 e. The molecule has 0 aliphatic heterocycles. The maximum absolute atomic E-state index is 12.9. The lowest BCUT2D eigenvalue weighted by atomic mass is 9.94. The number of aliphatic hydroxyl groups excluding tert-OH is 1. The number of carbonyl (C=O) groups excluding carboxylic acids is 2. The van der Waals surface area contributed by atoms with Gasteiger partial charge in [-0.05, 0) is 58.0 Å². The Bertz CT molecular complexity index is 709. The minimum absolute atomic E-state index is 0.00882. The highest BCUT2D eigenvalue weighted by molar-refractivity contribution is 5.72. The number of aliphatic hydroxyl groups is 1. The molecule has 0 amide bonds. The summed E-state index contributed by atoms with van der Waals surface area (Å²) in [5, 5.41) is 9.48. The van der Waals surface area contributed by atoms with E-state index >= 15 is 0 Å². The van der Waals surface area contributed by atoms with Crippen LogP contribution in [0.5, 0.6) is 0 Å². The predicted octanol–water partition coefficient (Wildman–Crippen LogP) is 13.4. The fourth-order valence-electron chi connectivity index (χ4n) is 6.71. The predicted molar refractivity (Wildman–Crippen MR) is 225 cm³/mol. The van der Waals surface area contributed by atoms with Crippen LogP contribution < -0.4 is 0 Å². The van der Waals surface area contributed by atoms with Crippen molar-refractivity contribution in [2.24, 2.45) is 11.8 Å². The number of unbranched alkanes of at least 4 members (excludes halogenated alkanes) is 21. The van der Waals surface area contributed by atoms with E-state index in [-0.39, 0.29) is 30.4 Å². The van der Waals surface area contributed by atoms with Gasteiger partial charge in [-0.2, -0.15) is 0 Å². The van der Waals surface area contributed by atoms with Crippen molar-refractivity contribution in [2.75, 3.05) is 39.5 Å². The SMILES string of the molecule is CCCCCCCCCC.CCCCCCCCCC(CCCCCC)C(=O)OCCCCN(CCO)CCCCOC(=O)C(C)CCCCCC. The Hall–Kier alpha value is -1.14. The number of carbonyl (C=O) groups is 2. The Kier molecular flexibility index (Phi) is 45.1. The molecule has 0 aliphatic carbocycles. The molecule has 0 saturated carbocycles. The Balaban J connectivity index is 0. The van der Waals surface area contributed by atoms with Gasteiger partial charge >= 0.3 is 11.9 Å². The Morgan fingerprint density at radius 1 is 0.442 bits per heavy atom. The van der Waals surface area contributed by atoms with Gasteiger partial charge in [-0.1, -0.05) is 189 Å². The highest BCUT2D eigenvalue weighted by Crippen LogP contribution is 2.21. The van der Waals surface area contributed by atoms with E-state index in [1.54, 1.807) is 0 Å². The quantitative estimate of drug-likeness (QED) is 0.0500. The van der Waals surface area contributed by atoms with Crippen LogP contribution in [0.15, 0.2) is 0 Å². The molecule has 6 nitrogen and oxygen atoms in total. The molecule has 0 saturated heterocycles. The second-order valence-electron chi connectivity index (χ2n) is 15.6. The van der Waals surface area contributed by atoms with E-state index in [0.717, 1.165) is 77.3 Å². The zero-order chi connectivity index (χ0) is 38.8. The fourth-order valence-corrected chi connectivity index (χ4v) is 6.71. The fraction of sp³-hybridized carbons (Fsp3) is 0.957. The molecule has 52 heavy (non-hydrogen) atoms. The molecule has 2 unspecified atom stereocenters. The third-order valence-electron chi connectivity index (χ3n) is 10.4. The standard InChI is InChI=1S/C36H71NO5.C10H22/c1-5-8-11-14-15-16-19-26-34(25-18-13-10-7-3)36(40)42-32-23-21-28-37(29-30-38)27-20-22-31-41-35(39)33(4)24-17-12-9-6-2;1-3-5-7-9-10-8-6-4-2/h33-34,38H,5-32H2,1-4H3;3-10H2,1-2H3. The van der Waals surface area contributed by atoms with E-state index < -0.39 is 0 Å². The van der Waals surface area contributed by atoms with Crippen molar-refractivity contribution in [1.29, 1.82) is 0 Å². The lowest BCUT2D eigenvalue weighted by molar-refractivity contribution is -0.149. The summed E-state index contributed by atoms with van der Waals surface area (Å²) < 4.78 is 11.2. The van der Waals surface area contributed by atoms with Gasteiger partial charge in [0.25, 0.3) is 0 Å². The lowest BCUT2D eigenvalue weighted by Crippen LogP contribution is -2.29. The van der Waals surface area contributed by atoms with Gasteiger partial charge in [0.2, 0.25) is 0 Å². The number of ether oxygens (including phenoxy) is 2. The summed E-state index contributed by atoms with van der Waals surface area (Å²) in [5.74, 6) is -0.0200. The van der Waals surface area contributed by atoms with E-state index in [1.165, 1.54) is 128 Å². The van der Waals surface area contributed by atoms with Gasteiger partial charge in [-0.15, -0.1) is 0 Å². The number of hydrogen-bond donors (Lipinski definition) is 1. The van der Waals surface area contributed by atoms with Gasteiger partial charge in [0, 0.05) is 6.54 Å². The second kappa shape index (κ2) is 44.3. The molecule has 0 aromatic rings. The molecule has 0 bridgehead atoms. The molecule has 0 heterocycles. The van der Waals surface area contributed by atoms with Crippen molar-refractivity contribution in [3.63, 3.8) is 0 Å². The van der Waals surface area contributed by atoms with Crippen molar-refractivity contribution in [3.05, 3.63) is 0 Å². The largest absolute Gasteiger partial charge is 0.465 e. The molecule has 0 spiro atoms. The Morgan fingerprint density at radius 3 is 1.19 bits per heavy atom. The third kappa shape index (κ3) is 38.6. The summed E-state index contributed by atoms with van der Waals surface area (Å²) in [5.41, 5.74) is 0. The van der Waals surface area contributed by atoms with Crippen molar-refractivity contribution < 1.29 is 24.2 Å². The van der Waals surface area contributed by atoms with Crippen molar-refractivity contribution in [3.8, 4) is 0 Å². The number of nitrogens with zero attached hydrogens (tertiary/aromatic N) is 1. The first kappa shape index (κ1) is 53.0. The summed E-state index contributed by atoms with van der Waals surface area (Å²) in [6.45, 7) is 16.7. The average molecular weight is 740 g/mol.